The Hall–Kier alpha value is -1.03. The first-order valence-electron chi connectivity index (χ1n) is 6.37. The smallest absolute Gasteiger partial charge is 0.260 e. The van der Waals surface area contributed by atoms with Gasteiger partial charge in [0.1, 0.15) is 5.82 Å². The van der Waals surface area contributed by atoms with Crippen molar-refractivity contribution in [3.8, 4) is 0 Å². The highest BCUT2D eigenvalue weighted by molar-refractivity contribution is 7.89. The topological polar surface area (TPSA) is 95.3 Å². The Morgan fingerprint density at radius 3 is 2.50 bits per heavy atom. The zero-order valence-electron chi connectivity index (χ0n) is 11.5. The van der Waals surface area contributed by atoms with Crippen molar-refractivity contribution in [2.24, 2.45) is 5.73 Å². The van der Waals surface area contributed by atoms with Gasteiger partial charge in [0.05, 0.1) is 17.2 Å². The Morgan fingerprint density at radius 2 is 2.05 bits per heavy atom. The number of nitrogens with two attached hydrogens (primary N) is 1. The van der Waals surface area contributed by atoms with Crippen LogP contribution in [0.25, 0.3) is 0 Å². The Kier molecular flexibility index (Phi) is 4.43. The van der Waals surface area contributed by atoms with Crippen molar-refractivity contribution in [3.63, 3.8) is 0 Å². The van der Waals surface area contributed by atoms with Crippen molar-refractivity contribution in [2.45, 2.75) is 24.9 Å². The third-order valence-electron chi connectivity index (χ3n) is 3.53. The molecule has 1 aliphatic heterocycles. The summed E-state index contributed by atoms with van der Waals surface area (Å²) < 4.78 is 26.3. The van der Waals surface area contributed by atoms with Gasteiger partial charge in [-0.2, -0.15) is 4.31 Å². The van der Waals surface area contributed by atoms with E-state index in [0.717, 1.165) is 0 Å². The predicted molar refractivity (Wildman–Crippen MR) is 79.9 cm³/mol. The zero-order chi connectivity index (χ0) is 14.9. The normalized spacial score (nSPS) is 19.9. The summed E-state index contributed by atoms with van der Waals surface area (Å²) >= 11 is 4.97. The number of nitrogens with one attached hydrogen (secondary N) is 1. The van der Waals surface area contributed by atoms with Crippen molar-refractivity contribution in [3.05, 3.63) is 12.0 Å². The molecule has 7 nitrogen and oxygen atoms in total. The number of H-pyrrole nitrogens is 1. The number of imidazole rings is 1. The number of aryl methyl sites for hydroxylation is 1. The van der Waals surface area contributed by atoms with Crippen LogP contribution in [0.2, 0.25) is 0 Å². The van der Waals surface area contributed by atoms with Crippen LogP contribution in [-0.2, 0) is 10.0 Å². The quantitative estimate of drug-likeness (QED) is 0.740. The highest BCUT2D eigenvalue weighted by atomic mass is 32.2. The first-order valence-corrected chi connectivity index (χ1v) is 8.22. The summed E-state index contributed by atoms with van der Waals surface area (Å²) in [5, 5.41) is 0.144. The minimum Gasteiger partial charge on any atom is -0.392 e. The third kappa shape index (κ3) is 3.00. The lowest BCUT2D eigenvalue weighted by molar-refractivity contribution is 0.174. The fraction of sp³-hybridized carbons (Fsp3) is 0.636. The molecule has 0 aromatic carbocycles. The van der Waals surface area contributed by atoms with E-state index in [1.807, 2.05) is 6.92 Å². The van der Waals surface area contributed by atoms with E-state index in [0.29, 0.717) is 37.0 Å². The predicted octanol–water partition coefficient (Wildman–Crippen LogP) is -0.301. The van der Waals surface area contributed by atoms with E-state index in [9.17, 15) is 8.42 Å². The van der Waals surface area contributed by atoms with Gasteiger partial charge in [-0.1, -0.05) is 12.2 Å². The van der Waals surface area contributed by atoms with Gasteiger partial charge in [0.15, 0.2) is 5.03 Å². The van der Waals surface area contributed by atoms with Crippen molar-refractivity contribution < 1.29 is 8.42 Å². The summed E-state index contributed by atoms with van der Waals surface area (Å²) in [5.41, 5.74) is 5.63. The second-order valence-corrected chi connectivity index (χ2v) is 7.23. The number of rotatable bonds is 4. The Labute approximate surface area is 124 Å². The van der Waals surface area contributed by atoms with Crippen molar-refractivity contribution in [1.82, 2.24) is 19.2 Å². The van der Waals surface area contributed by atoms with Crippen molar-refractivity contribution in [1.29, 1.82) is 0 Å². The number of thiocarbonyl (C=S) groups is 1. The molecular formula is C11H19N5O2S2. The van der Waals surface area contributed by atoms with Gasteiger partial charge in [-0.3, -0.25) is 4.90 Å². The van der Waals surface area contributed by atoms with Gasteiger partial charge in [-0.15, -0.1) is 0 Å². The Balaban J connectivity index is 2.05. The van der Waals surface area contributed by atoms with Crippen molar-refractivity contribution >= 4 is 27.2 Å². The summed E-state index contributed by atoms with van der Waals surface area (Å²) in [6.07, 6.45) is 1.36. The fourth-order valence-electron chi connectivity index (χ4n) is 2.18. The molecule has 1 aromatic rings. The molecule has 0 aliphatic carbocycles. The molecule has 3 N–H and O–H groups in total. The van der Waals surface area contributed by atoms with Crippen LogP contribution < -0.4 is 5.73 Å². The molecule has 1 aliphatic rings. The summed E-state index contributed by atoms with van der Waals surface area (Å²) in [6, 6.07) is -0.00995. The Morgan fingerprint density at radius 1 is 1.45 bits per heavy atom. The van der Waals surface area contributed by atoms with Gasteiger partial charge in [0, 0.05) is 26.2 Å². The van der Waals surface area contributed by atoms with E-state index in [2.05, 4.69) is 14.9 Å². The van der Waals surface area contributed by atoms with E-state index in [-0.39, 0.29) is 11.1 Å². The first-order chi connectivity index (χ1) is 9.32. The maximum atomic E-state index is 12.4. The standard InChI is InChI=1S/C11H19N5O2S2/c1-8(11(12)19)15-3-5-16(6-4-15)20(17,18)10-7-13-9(2)14-10/h7-8H,3-6H2,1-2H3,(H2,12,19)(H,13,14). The molecular weight excluding hydrogens is 298 g/mol. The lowest BCUT2D eigenvalue weighted by Crippen LogP contribution is -2.53. The zero-order valence-corrected chi connectivity index (χ0v) is 13.2. The average Bonchev–Trinajstić information content (AvgIpc) is 2.85. The summed E-state index contributed by atoms with van der Waals surface area (Å²) in [5.74, 6) is 0.587. The third-order valence-corrected chi connectivity index (χ3v) is 5.68. The molecule has 20 heavy (non-hydrogen) atoms. The average molecular weight is 317 g/mol. The van der Waals surface area contributed by atoms with Crippen LogP contribution >= 0.6 is 12.2 Å². The minimum absolute atomic E-state index is 0.00995. The van der Waals surface area contributed by atoms with Gasteiger partial charge in [-0.25, -0.2) is 13.4 Å². The molecule has 9 heteroatoms. The molecule has 0 spiro atoms. The Bertz CT molecular complexity index is 590. The van der Waals surface area contributed by atoms with Gasteiger partial charge in [0.2, 0.25) is 0 Å². The number of piperazine rings is 1. The van der Waals surface area contributed by atoms with E-state index in [1.54, 1.807) is 6.92 Å². The van der Waals surface area contributed by atoms with E-state index in [4.69, 9.17) is 18.0 Å². The number of hydrogen-bond acceptors (Lipinski definition) is 5. The molecule has 1 saturated heterocycles. The molecule has 0 amide bonds. The summed E-state index contributed by atoms with van der Waals surface area (Å²) in [7, 11) is -3.49. The lowest BCUT2D eigenvalue weighted by Gasteiger charge is -2.36. The maximum Gasteiger partial charge on any atom is 0.260 e. The van der Waals surface area contributed by atoms with Crippen LogP contribution in [0.5, 0.6) is 0 Å². The second-order valence-electron chi connectivity index (χ2n) is 4.85. The minimum atomic E-state index is -3.49. The second kappa shape index (κ2) is 5.76. The number of aromatic nitrogens is 2. The van der Waals surface area contributed by atoms with Crippen LogP contribution in [0.4, 0.5) is 0 Å². The molecule has 1 fully saturated rings. The van der Waals surface area contributed by atoms with E-state index in [1.165, 1.54) is 10.5 Å². The highest BCUT2D eigenvalue weighted by Crippen LogP contribution is 2.16. The molecule has 112 valence electrons. The van der Waals surface area contributed by atoms with Crippen LogP contribution in [0, 0.1) is 6.92 Å². The first kappa shape index (κ1) is 15.4. The largest absolute Gasteiger partial charge is 0.392 e. The SMILES string of the molecule is Cc1ncc(S(=O)(=O)N2CCN(C(C)C(N)=S)CC2)[nH]1. The number of sulfonamides is 1. The molecule has 1 atom stereocenters. The van der Waals surface area contributed by atoms with E-state index >= 15 is 0 Å². The maximum absolute atomic E-state index is 12.4. The van der Waals surface area contributed by atoms with Gasteiger partial charge in [-0.05, 0) is 13.8 Å². The monoisotopic (exact) mass is 317 g/mol. The molecule has 0 bridgehead atoms. The summed E-state index contributed by atoms with van der Waals surface area (Å²) in [6.45, 7) is 5.74. The lowest BCUT2D eigenvalue weighted by atomic mass is 10.2. The van der Waals surface area contributed by atoms with Gasteiger partial charge in [0.25, 0.3) is 10.0 Å². The molecule has 0 saturated carbocycles. The van der Waals surface area contributed by atoms with Crippen LogP contribution in [-0.4, -0.2) is 64.8 Å². The van der Waals surface area contributed by atoms with Crippen LogP contribution in [0.1, 0.15) is 12.7 Å². The molecule has 2 heterocycles. The molecule has 1 aromatic heterocycles. The van der Waals surface area contributed by atoms with Crippen LogP contribution in [0.15, 0.2) is 11.2 Å². The number of aromatic amines is 1. The van der Waals surface area contributed by atoms with Crippen molar-refractivity contribution in [2.75, 3.05) is 26.2 Å². The van der Waals surface area contributed by atoms with E-state index < -0.39 is 10.0 Å². The van der Waals surface area contributed by atoms with Gasteiger partial charge >= 0.3 is 0 Å². The summed E-state index contributed by atoms with van der Waals surface area (Å²) in [4.78, 5) is 9.23. The molecule has 0 radical (unpaired) electrons. The number of nitrogens with zero attached hydrogens (tertiary/aromatic N) is 3. The molecule has 1 unspecified atom stereocenters. The molecule has 2 rings (SSSR count). The number of hydrogen-bond donors (Lipinski definition) is 2. The van der Waals surface area contributed by atoms with Crippen LogP contribution in [0.3, 0.4) is 0 Å². The fourth-order valence-corrected chi connectivity index (χ4v) is 3.71. The highest BCUT2D eigenvalue weighted by Gasteiger charge is 2.31. The van der Waals surface area contributed by atoms with Gasteiger partial charge < -0.3 is 10.7 Å².